The molecule has 0 radical (unpaired) electrons. The van der Waals surface area contributed by atoms with Crippen molar-refractivity contribution in [3.63, 3.8) is 0 Å². The minimum atomic E-state index is -4.17. The van der Waals surface area contributed by atoms with Crippen LogP contribution in [-0.2, 0) is 0 Å². The van der Waals surface area contributed by atoms with Crippen LogP contribution in [0.1, 0.15) is 12.8 Å². The number of anilines is 1. The second kappa shape index (κ2) is 6.98. The third kappa shape index (κ3) is 5.08. The van der Waals surface area contributed by atoms with Gasteiger partial charge in [-0.2, -0.15) is 13.2 Å². The highest BCUT2D eigenvalue weighted by Gasteiger charge is 2.26. The van der Waals surface area contributed by atoms with Crippen molar-refractivity contribution in [1.82, 2.24) is 5.32 Å². The van der Waals surface area contributed by atoms with Crippen LogP contribution in [0.3, 0.4) is 0 Å². The maximum atomic E-state index is 13.4. The van der Waals surface area contributed by atoms with Gasteiger partial charge in [0.2, 0.25) is 0 Å². The van der Waals surface area contributed by atoms with E-state index in [1.807, 2.05) is 4.90 Å². The van der Waals surface area contributed by atoms with Crippen molar-refractivity contribution < 1.29 is 22.3 Å². The highest BCUT2D eigenvalue weighted by molar-refractivity contribution is 5.59. The van der Waals surface area contributed by atoms with Crippen molar-refractivity contribution in [3.8, 4) is 5.75 Å². The fourth-order valence-corrected chi connectivity index (χ4v) is 2.22. The number of ether oxygens (including phenoxy) is 1. The lowest BCUT2D eigenvalue weighted by Crippen LogP contribution is -2.43. The molecule has 0 saturated carbocycles. The first-order valence-corrected chi connectivity index (χ1v) is 6.90. The molecule has 0 unspecified atom stereocenters. The van der Waals surface area contributed by atoms with E-state index in [0.29, 0.717) is 24.5 Å². The van der Waals surface area contributed by atoms with Crippen LogP contribution in [-0.4, -0.2) is 39.0 Å². The predicted octanol–water partition coefficient (Wildman–Crippen LogP) is 2.96. The van der Waals surface area contributed by atoms with E-state index in [-0.39, 0.29) is 18.8 Å². The van der Waals surface area contributed by atoms with Gasteiger partial charge < -0.3 is 15.0 Å². The van der Waals surface area contributed by atoms with Crippen molar-refractivity contribution >= 4 is 5.69 Å². The molecular weight excluding hydrogens is 288 g/mol. The average molecular weight is 306 g/mol. The smallest absolute Gasteiger partial charge is 0.389 e. The molecule has 0 spiro atoms. The summed E-state index contributed by atoms with van der Waals surface area (Å²) in [6.07, 6.45) is -5.16. The third-order valence-electron chi connectivity index (χ3n) is 3.24. The van der Waals surface area contributed by atoms with Crippen LogP contribution in [0, 0.1) is 5.82 Å². The second-order valence-corrected chi connectivity index (χ2v) is 4.92. The fraction of sp³-hybridized carbons (Fsp3) is 0.571. The monoisotopic (exact) mass is 306 g/mol. The topological polar surface area (TPSA) is 24.5 Å². The van der Waals surface area contributed by atoms with Crippen LogP contribution in [0.5, 0.6) is 5.75 Å². The molecule has 118 valence electrons. The minimum Gasteiger partial charge on any atom is -0.491 e. The van der Waals surface area contributed by atoms with Crippen LogP contribution in [0.4, 0.5) is 23.2 Å². The molecule has 1 saturated heterocycles. The lowest BCUT2D eigenvalue weighted by molar-refractivity contribution is -0.136. The van der Waals surface area contributed by atoms with Crippen LogP contribution in [0.15, 0.2) is 18.2 Å². The van der Waals surface area contributed by atoms with Gasteiger partial charge in [0.25, 0.3) is 0 Å². The average Bonchev–Trinajstić information content (AvgIpc) is 2.45. The van der Waals surface area contributed by atoms with Gasteiger partial charge in [-0.15, -0.1) is 0 Å². The molecule has 21 heavy (non-hydrogen) atoms. The highest BCUT2D eigenvalue weighted by atomic mass is 19.4. The van der Waals surface area contributed by atoms with Gasteiger partial charge >= 0.3 is 6.18 Å². The number of hydrogen-bond donors (Lipinski definition) is 1. The van der Waals surface area contributed by atoms with Crippen molar-refractivity contribution in [2.24, 2.45) is 0 Å². The van der Waals surface area contributed by atoms with E-state index in [1.54, 1.807) is 0 Å². The molecule has 1 N–H and O–H groups in total. The Balaban J connectivity index is 1.98. The Morgan fingerprint density at radius 1 is 1.19 bits per heavy atom. The molecule has 0 aromatic heterocycles. The molecular formula is C14H18F4N2O. The van der Waals surface area contributed by atoms with Gasteiger partial charge in [0.1, 0.15) is 11.6 Å². The van der Waals surface area contributed by atoms with Gasteiger partial charge in [-0.1, -0.05) is 0 Å². The lowest BCUT2D eigenvalue weighted by atomic mass is 10.2. The van der Waals surface area contributed by atoms with Crippen LogP contribution < -0.4 is 15.0 Å². The predicted molar refractivity (Wildman–Crippen MR) is 72.3 cm³/mol. The van der Waals surface area contributed by atoms with E-state index in [0.717, 1.165) is 13.1 Å². The van der Waals surface area contributed by atoms with Crippen molar-refractivity contribution in [3.05, 3.63) is 24.0 Å². The number of rotatable bonds is 5. The van der Waals surface area contributed by atoms with Crippen LogP contribution in [0.25, 0.3) is 0 Å². The second-order valence-electron chi connectivity index (χ2n) is 4.92. The maximum Gasteiger partial charge on any atom is 0.389 e. The van der Waals surface area contributed by atoms with Gasteiger partial charge in [0, 0.05) is 38.7 Å². The summed E-state index contributed by atoms with van der Waals surface area (Å²) in [6, 6.07) is 4.09. The first kappa shape index (κ1) is 15.9. The normalized spacial score (nSPS) is 16.1. The van der Waals surface area contributed by atoms with Crippen LogP contribution in [0.2, 0.25) is 0 Å². The summed E-state index contributed by atoms with van der Waals surface area (Å²) in [5.74, 6) is 0.0478. The number of benzene rings is 1. The SMILES string of the molecule is Fc1ccc(OCCCC(F)(F)F)c(N2CCNCC2)c1. The molecule has 1 heterocycles. The molecule has 0 atom stereocenters. The van der Waals surface area contributed by atoms with Crippen molar-refractivity contribution in [2.45, 2.75) is 19.0 Å². The Bertz CT molecular complexity index is 459. The number of hydrogen-bond acceptors (Lipinski definition) is 3. The Kier molecular flexibility index (Phi) is 5.27. The molecule has 0 bridgehead atoms. The van der Waals surface area contributed by atoms with E-state index in [1.165, 1.54) is 18.2 Å². The lowest BCUT2D eigenvalue weighted by Gasteiger charge is -2.30. The van der Waals surface area contributed by atoms with Gasteiger partial charge in [-0.25, -0.2) is 4.39 Å². The van der Waals surface area contributed by atoms with E-state index < -0.39 is 12.6 Å². The fourth-order valence-electron chi connectivity index (χ4n) is 2.22. The molecule has 1 aromatic rings. The number of nitrogens with zero attached hydrogens (tertiary/aromatic N) is 1. The number of piperazine rings is 1. The molecule has 2 rings (SSSR count). The molecule has 3 nitrogen and oxygen atoms in total. The maximum absolute atomic E-state index is 13.4. The van der Waals surface area contributed by atoms with Gasteiger partial charge in [-0.3, -0.25) is 0 Å². The standard InChI is InChI=1S/C14H18F4N2O/c15-11-2-3-13(21-9-1-4-14(16,17)18)12(10-11)20-7-5-19-6-8-20/h2-3,10,19H,1,4-9H2. The first-order valence-electron chi connectivity index (χ1n) is 6.90. The summed E-state index contributed by atoms with van der Waals surface area (Å²) in [5.41, 5.74) is 0.600. The zero-order valence-corrected chi connectivity index (χ0v) is 11.5. The van der Waals surface area contributed by atoms with Gasteiger partial charge in [0.05, 0.1) is 12.3 Å². The zero-order chi connectivity index (χ0) is 15.3. The summed E-state index contributed by atoms with van der Waals surface area (Å²) in [7, 11) is 0. The Morgan fingerprint density at radius 2 is 1.90 bits per heavy atom. The number of halogens is 4. The number of nitrogens with one attached hydrogen (secondary N) is 1. The Morgan fingerprint density at radius 3 is 2.57 bits per heavy atom. The summed E-state index contributed by atoms with van der Waals surface area (Å²) >= 11 is 0. The van der Waals surface area contributed by atoms with Crippen molar-refractivity contribution in [2.75, 3.05) is 37.7 Å². The summed E-state index contributed by atoms with van der Waals surface area (Å²) in [4.78, 5) is 1.97. The minimum absolute atomic E-state index is 0.0375. The van der Waals surface area contributed by atoms with Crippen molar-refractivity contribution in [1.29, 1.82) is 0 Å². The summed E-state index contributed by atoms with van der Waals surface area (Å²) in [6.45, 7) is 2.95. The largest absolute Gasteiger partial charge is 0.491 e. The van der Waals surface area contributed by atoms with Crippen LogP contribution >= 0.6 is 0 Å². The van der Waals surface area contributed by atoms with Gasteiger partial charge in [0.15, 0.2) is 0 Å². The Labute approximate surface area is 120 Å². The number of alkyl halides is 3. The molecule has 0 aliphatic carbocycles. The molecule has 0 amide bonds. The van der Waals surface area contributed by atoms with E-state index in [9.17, 15) is 17.6 Å². The molecule has 1 fully saturated rings. The molecule has 1 aliphatic heterocycles. The summed E-state index contributed by atoms with van der Waals surface area (Å²) < 4.78 is 55.1. The molecule has 1 aliphatic rings. The summed E-state index contributed by atoms with van der Waals surface area (Å²) in [5, 5.41) is 3.19. The highest BCUT2D eigenvalue weighted by Crippen LogP contribution is 2.30. The quantitative estimate of drug-likeness (QED) is 0.668. The molecule has 7 heteroatoms. The van der Waals surface area contributed by atoms with E-state index >= 15 is 0 Å². The molecule has 1 aromatic carbocycles. The third-order valence-corrected chi connectivity index (χ3v) is 3.24. The zero-order valence-electron chi connectivity index (χ0n) is 11.5. The Hall–Kier alpha value is -1.50. The van der Waals surface area contributed by atoms with E-state index in [2.05, 4.69) is 5.32 Å². The van der Waals surface area contributed by atoms with E-state index in [4.69, 9.17) is 4.74 Å². The van der Waals surface area contributed by atoms with Gasteiger partial charge in [-0.05, 0) is 18.6 Å². The first-order chi connectivity index (χ1) is 9.96.